The molecule has 0 spiro atoms. The number of carbonyl (C=O) groups is 1. The molecule has 0 aromatic rings. The number of nitrogens with one attached hydrogen (secondary N) is 2. The van der Waals surface area contributed by atoms with Crippen LogP contribution in [0, 0.1) is 11.8 Å². The Bertz CT molecular complexity index is 189. The molecule has 1 amide bonds. The van der Waals surface area contributed by atoms with E-state index in [1.54, 1.807) is 0 Å². The van der Waals surface area contributed by atoms with Crippen LogP contribution in [0.3, 0.4) is 0 Å². The summed E-state index contributed by atoms with van der Waals surface area (Å²) in [6, 6.07) is 0.573. The predicted octanol–water partition coefficient (Wildman–Crippen LogP) is 0.120. The zero-order valence-electron chi connectivity index (χ0n) is 7.47. The van der Waals surface area contributed by atoms with Crippen molar-refractivity contribution in [2.75, 3.05) is 13.6 Å². The van der Waals surface area contributed by atoms with Crippen LogP contribution >= 0.6 is 0 Å². The monoisotopic (exact) mass is 168 g/mol. The summed E-state index contributed by atoms with van der Waals surface area (Å²) in [5, 5.41) is 6.22. The van der Waals surface area contributed by atoms with Gasteiger partial charge in [0.25, 0.3) is 0 Å². The van der Waals surface area contributed by atoms with E-state index in [1.165, 1.54) is 12.8 Å². The van der Waals surface area contributed by atoms with Gasteiger partial charge in [0.15, 0.2) is 0 Å². The van der Waals surface area contributed by atoms with Crippen molar-refractivity contribution in [3.63, 3.8) is 0 Å². The number of carbonyl (C=O) groups excluding carboxylic acids is 1. The van der Waals surface area contributed by atoms with Crippen molar-refractivity contribution in [1.29, 1.82) is 0 Å². The van der Waals surface area contributed by atoms with Gasteiger partial charge in [-0.25, -0.2) is 0 Å². The molecule has 0 aromatic heterocycles. The highest BCUT2D eigenvalue weighted by atomic mass is 16.1. The molecule has 12 heavy (non-hydrogen) atoms. The maximum absolute atomic E-state index is 11.0. The SMILES string of the molecule is CNC(C1CC1)C1CNC(=O)C1. The van der Waals surface area contributed by atoms with Crippen molar-refractivity contribution >= 4 is 5.91 Å². The molecule has 1 aliphatic heterocycles. The second-order valence-corrected chi connectivity index (χ2v) is 3.92. The second kappa shape index (κ2) is 3.05. The summed E-state index contributed by atoms with van der Waals surface area (Å²) in [5.41, 5.74) is 0. The van der Waals surface area contributed by atoms with Gasteiger partial charge in [0.05, 0.1) is 0 Å². The smallest absolute Gasteiger partial charge is 0.220 e. The van der Waals surface area contributed by atoms with Crippen molar-refractivity contribution < 1.29 is 4.79 Å². The van der Waals surface area contributed by atoms with Crippen LogP contribution < -0.4 is 10.6 Å². The van der Waals surface area contributed by atoms with E-state index in [1.807, 2.05) is 7.05 Å². The minimum absolute atomic E-state index is 0.223. The average Bonchev–Trinajstić information content (AvgIpc) is 2.78. The molecule has 2 aliphatic rings. The van der Waals surface area contributed by atoms with E-state index in [0.29, 0.717) is 12.0 Å². The van der Waals surface area contributed by atoms with Crippen LogP contribution in [0.1, 0.15) is 19.3 Å². The Morgan fingerprint density at radius 2 is 2.25 bits per heavy atom. The fraction of sp³-hybridized carbons (Fsp3) is 0.889. The lowest BCUT2D eigenvalue weighted by Gasteiger charge is -2.20. The lowest BCUT2D eigenvalue weighted by molar-refractivity contribution is -0.119. The number of rotatable bonds is 3. The van der Waals surface area contributed by atoms with Gasteiger partial charge < -0.3 is 10.6 Å². The first-order chi connectivity index (χ1) is 5.81. The van der Waals surface area contributed by atoms with Gasteiger partial charge in [0.1, 0.15) is 0 Å². The van der Waals surface area contributed by atoms with Gasteiger partial charge in [0.2, 0.25) is 5.91 Å². The quantitative estimate of drug-likeness (QED) is 0.628. The van der Waals surface area contributed by atoms with Crippen molar-refractivity contribution in [3.8, 4) is 0 Å². The highest BCUT2D eigenvalue weighted by Gasteiger charge is 2.38. The molecule has 68 valence electrons. The van der Waals surface area contributed by atoms with Crippen LogP contribution in [0.25, 0.3) is 0 Å². The van der Waals surface area contributed by atoms with E-state index in [9.17, 15) is 4.79 Å². The summed E-state index contributed by atoms with van der Waals surface area (Å²) in [6.07, 6.45) is 3.41. The molecule has 0 radical (unpaired) electrons. The number of hydrogen-bond acceptors (Lipinski definition) is 2. The Morgan fingerprint density at radius 3 is 2.67 bits per heavy atom. The standard InChI is InChI=1S/C9H16N2O/c1-10-9(6-2-3-6)7-4-8(12)11-5-7/h6-7,9-10H,2-5H2,1H3,(H,11,12). The maximum atomic E-state index is 11.0. The maximum Gasteiger partial charge on any atom is 0.220 e. The molecule has 2 unspecified atom stereocenters. The number of amides is 1. The van der Waals surface area contributed by atoms with E-state index >= 15 is 0 Å². The molecule has 2 N–H and O–H groups in total. The van der Waals surface area contributed by atoms with Gasteiger partial charge in [-0.1, -0.05) is 0 Å². The first-order valence-corrected chi connectivity index (χ1v) is 4.75. The Hall–Kier alpha value is -0.570. The largest absolute Gasteiger partial charge is 0.356 e. The molecule has 3 nitrogen and oxygen atoms in total. The van der Waals surface area contributed by atoms with E-state index in [0.717, 1.165) is 18.9 Å². The zero-order valence-corrected chi connectivity index (χ0v) is 7.47. The zero-order chi connectivity index (χ0) is 8.55. The molecule has 2 rings (SSSR count). The van der Waals surface area contributed by atoms with Gasteiger partial charge in [-0.2, -0.15) is 0 Å². The summed E-state index contributed by atoms with van der Waals surface area (Å²) in [7, 11) is 2.01. The highest BCUT2D eigenvalue weighted by Crippen LogP contribution is 2.37. The molecular formula is C9H16N2O. The van der Waals surface area contributed by atoms with Crippen molar-refractivity contribution in [1.82, 2.24) is 10.6 Å². The van der Waals surface area contributed by atoms with Crippen molar-refractivity contribution in [2.45, 2.75) is 25.3 Å². The van der Waals surface area contributed by atoms with Crippen molar-refractivity contribution in [2.24, 2.45) is 11.8 Å². The molecule has 1 heterocycles. The average molecular weight is 168 g/mol. The molecule has 3 heteroatoms. The summed E-state index contributed by atoms with van der Waals surface area (Å²) < 4.78 is 0. The summed E-state index contributed by atoms with van der Waals surface area (Å²) in [5.74, 6) is 1.60. The first-order valence-electron chi connectivity index (χ1n) is 4.75. The van der Waals surface area contributed by atoms with E-state index in [2.05, 4.69) is 10.6 Å². The van der Waals surface area contributed by atoms with E-state index in [-0.39, 0.29) is 5.91 Å². The third-order valence-corrected chi connectivity index (χ3v) is 2.98. The van der Waals surface area contributed by atoms with Gasteiger partial charge >= 0.3 is 0 Å². The van der Waals surface area contributed by atoms with Crippen LogP contribution in [-0.4, -0.2) is 25.5 Å². The molecule has 1 saturated carbocycles. The Balaban J connectivity index is 1.92. The van der Waals surface area contributed by atoms with Gasteiger partial charge in [-0.15, -0.1) is 0 Å². The van der Waals surface area contributed by atoms with Gasteiger partial charge in [0, 0.05) is 24.9 Å². The topological polar surface area (TPSA) is 41.1 Å². The van der Waals surface area contributed by atoms with E-state index < -0.39 is 0 Å². The fourth-order valence-electron chi connectivity index (χ4n) is 2.19. The van der Waals surface area contributed by atoms with Crippen LogP contribution in [0.5, 0.6) is 0 Å². The number of hydrogen-bond donors (Lipinski definition) is 2. The lowest BCUT2D eigenvalue weighted by Crippen LogP contribution is -2.36. The lowest BCUT2D eigenvalue weighted by atomic mass is 9.95. The molecular weight excluding hydrogens is 152 g/mol. The van der Waals surface area contributed by atoms with Crippen LogP contribution in [0.2, 0.25) is 0 Å². The van der Waals surface area contributed by atoms with Crippen LogP contribution in [0.4, 0.5) is 0 Å². The Kier molecular flexibility index (Phi) is 2.05. The molecule has 1 aliphatic carbocycles. The molecule has 2 atom stereocenters. The molecule has 1 saturated heterocycles. The minimum atomic E-state index is 0.223. The second-order valence-electron chi connectivity index (χ2n) is 3.92. The van der Waals surface area contributed by atoms with Crippen LogP contribution in [-0.2, 0) is 4.79 Å². The summed E-state index contributed by atoms with van der Waals surface area (Å²) >= 11 is 0. The predicted molar refractivity (Wildman–Crippen MR) is 46.7 cm³/mol. The van der Waals surface area contributed by atoms with Crippen molar-refractivity contribution in [3.05, 3.63) is 0 Å². The Morgan fingerprint density at radius 1 is 1.50 bits per heavy atom. The first kappa shape index (κ1) is 8.05. The molecule has 0 aromatic carbocycles. The minimum Gasteiger partial charge on any atom is -0.356 e. The fourth-order valence-corrected chi connectivity index (χ4v) is 2.19. The molecule has 0 bridgehead atoms. The van der Waals surface area contributed by atoms with Crippen LogP contribution in [0.15, 0.2) is 0 Å². The Labute approximate surface area is 72.9 Å². The molecule has 2 fully saturated rings. The summed E-state index contributed by atoms with van der Waals surface area (Å²) in [6.45, 7) is 0.876. The van der Waals surface area contributed by atoms with Gasteiger partial charge in [-0.05, 0) is 25.8 Å². The third kappa shape index (κ3) is 1.46. The normalized spacial score (nSPS) is 31.8. The van der Waals surface area contributed by atoms with Gasteiger partial charge in [-0.3, -0.25) is 4.79 Å². The summed E-state index contributed by atoms with van der Waals surface area (Å²) in [4.78, 5) is 11.0. The van der Waals surface area contributed by atoms with E-state index in [4.69, 9.17) is 0 Å². The third-order valence-electron chi connectivity index (χ3n) is 2.98. The highest BCUT2D eigenvalue weighted by molar-refractivity contribution is 5.78.